The maximum atomic E-state index is 12.5. The Bertz CT molecular complexity index is 653. The van der Waals surface area contributed by atoms with Crippen molar-refractivity contribution in [3.8, 4) is 0 Å². The van der Waals surface area contributed by atoms with Gasteiger partial charge in [-0.2, -0.15) is 0 Å². The number of nitrogens with one attached hydrogen (secondary N) is 1. The van der Waals surface area contributed by atoms with Crippen LogP contribution in [-0.2, 0) is 0 Å². The predicted octanol–water partition coefficient (Wildman–Crippen LogP) is 3.35. The number of aryl methyl sites for hydroxylation is 2. The summed E-state index contributed by atoms with van der Waals surface area (Å²) >= 11 is 0. The van der Waals surface area contributed by atoms with Gasteiger partial charge >= 0.3 is 0 Å². The monoisotopic (exact) mass is 289 g/mol. The first-order valence-corrected chi connectivity index (χ1v) is 7.14. The molecule has 0 aromatic carbocycles. The number of amides is 1. The van der Waals surface area contributed by atoms with E-state index in [4.69, 9.17) is 10.2 Å². The second-order valence-electron chi connectivity index (χ2n) is 5.72. The summed E-state index contributed by atoms with van der Waals surface area (Å²) < 4.78 is 7.39. The van der Waals surface area contributed by atoms with E-state index in [-0.39, 0.29) is 18.0 Å². The van der Waals surface area contributed by atoms with Gasteiger partial charge in [0.2, 0.25) is 0 Å². The van der Waals surface area contributed by atoms with Crippen LogP contribution in [-0.4, -0.2) is 10.5 Å². The van der Waals surface area contributed by atoms with E-state index >= 15 is 0 Å². The minimum atomic E-state index is -0.133. The number of furan rings is 1. The lowest BCUT2D eigenvalue weighted by Gasteiger charge is -2.16. The molecule has 0 aliphatic carbocycles. The fraction of sp³-hybridized carbons (Fsp3) is 0.438. The molecule has 0 aliphatic rings. The first kappa shape index (κ1) is 15.2. The average molecular weight is 289 g/mol. The van der Waals surface area contributed by atoms with Gasteiger partial charge in [-0.3, -0.25) is 4.79 Å². The van der Waals surface area contributed by atoms with Crippen molar-refractivity contribution in [2.45, 2.75) is 46.7 Å². The van der Waals surface area contributed by atoms with E-state index in [2.05, 4.69) is 5.32 Å². The van der Waals surface area contributed by atoms with Gasteiger partial charge in [0.25, 0.3) is 5.91 Å². The van der Waals surface area contributed by atoms with Crippen molar-refractivity contribution in [3.63, 3.8) is 0 Å². The normalized spacial score (nSPS) is 12.7. The Hall–Kier alpha value is -2.17. The quantitative estimate of drug-likeness (QED) is 0.906. The molecular weight excluding hydrogens is 266 g/mol. The van der Waals surface area contributed by atoms with Gasteiger partial charge in [-0.15, -0.1) is 0 Å². The highest BCUT2D eigenvalue weighted by Gasteiger charge is 2.19. The van der Waals surface area contributed by atoms with Crippen LogP contribution >= 0.6 is 0 Å². The molecule has 0 saturated heterocycles. The molecule has 114 valence electrons. The van der Waals surface area contributed by atoms with Crippen LogP contribution in [0, 0.1) is 13.8 Å². The Balaban J connectivity index is 2.20. The lowest BCUT2D eigenvalue weighted by Crippen LogP contribution is -2.29. The van der Waals surface area contributed by atoms with E-state index in [0.29, 0.717) is 11.4 Å². The maximum Gasteiger partial charge on any atom is 0.268 e. The van der Waals surface area contributed by atoms with Gasteiger partial charge in [-0.25, -0.2) is 0 Å². The topological polar surface area (TPSA) is 73.2 Å². The molecule has 0 fully saturated rings. The predicted molar refractivity (Wildman–Crippen MR) is 83.3 cm³/mol. The molecular formula is C16H23N3O2. The third-order valence-corrected chi connectivity index (χ3v) is 3.55. The highest BCUT2D eigenvalue weighted by molar-refractivity contribution is 5.94. The minimum absolute atomic E-state index is 0.119. The number of hydrogen-bond donors (Lipinski definition) is 2. The molecule has 0 saturated carbocycles. The summed E-state index contributed by atoms with van der Waals surface area (Å²) in [6.07, 6.45) is 1.79. The van der Waals surface area contributed by atoms with Crippen LogP contribution in [0.25, 0.3) is 0 Å². The molecule has 0 spiro atoms. The Labute approximate surface area is 125 Å². The average Bonchev–Trinajstić information content (AvgIpc) is 2.92. The molecule has 21 heavy (non-hydrogen) atoms. The summed E-state index contributed by atoms with van der Waals surface area (Å²) in [5.41, 5.74) is 7.98. The van der Waals surface area contributed by atoms with Crippen molar-refractivity contribution >= 4 is 11.6 Å². The van der Waals surface area contributed by atoms with E-state index < -0.39 is 0 Å². The van der Waals surface area contributed by atoms with Crippen molar-refractivity contribution in [1.29, 1.82) is 0 Å². The summed E-state index contributed by atoms with van der Waals surface area (Å²) in [7, 11) is 0. The molecule has 0 aliphatic heterocycles. The Kier molecular flexibility index (Phi) is 4.11. The van der Waals surface area contributed by atoms with E-state index in [1.165, 1.54) is 0 Å². The number of nitrogens with zero attached hydrogens (tertiary/aromatic N) is 1. The van der Waals surface area contributed by atoms with Crippen molar-refractivity contribution in [1.82, 2.24) is 9.88 Å². The largest absolute Gasteiger partial charge is 0.466 e. The Morgan fingerprint density at radius 1 is 1.29 bits per heavy atom. The number of carbonyl (C=O) groups is 1. The van der Waals surface area contributed by atoms with Crippen LogP contribution in [0.2, 0.25) is 0 Å². The first-order chi connectivity index (χ1) is 9.79. The van der Waals surface area contributed by atoms with Gasteiger partial charge in [-0.1, -0.05) is 0 Å². The number of rotatable bonds is 4. The van der Waals surface area contributed by atoms with Gasteiger partial charge in [0.05, 0.1) is 11.7 Å². The molecule has 1 unspecified atom stereocenters. The lowest BCUT2D eigenvalue weighted by molar-refractivity contribution is 0.0929. The van der Waals surface area contributed by atoms with E-state index in [1.54, 1.807) is 12.3 Å². The molecule has 2 aromatic heterocycles. The molecule has 2 heterocycles. The van der Waals surface area contributed by atoms with Gasteiger partial charge in [0.15, 0.2) is 0 Å². The molecule has 5 nitrogen and oxygen atoms in total. The van der Waals surface area contributed by atoms with Gasteiger partial charge in [0.1, 0.15) is 17.2 Å². The van der Waals surface area contributed by atoms with Gasteiger partial charge in [-0.05, 0) is 46.8 Å². The van der Waals surface area contributed by atoms with E-state index in [0.717, 1.165) is 17.1 Å². The first-order valence-electron chi connectivity index (χ1n) is 7.14. The molecule has 3 N–H and O–H groups in total. The lowest BCUT2D eigenvalue weighted by atomic mass is 10.1. The molecule has 0 bridgehead atoms. The van der Waals surface area contributed by atoms with Crippen molar-refractivity contribution in [3.05, 3.63) is 41.1 Å². The molecule has 1 atom stereocenters. The van der Waals surface area contributed by atoms with Crippen molar-refractivity contribution in [2.75, 3.05) is 5.73 Å². The SMILES string of the molecule is Cc1cc(C(C)NC(=O)c2cc(N)cn2C(C)C)c(C)o1. The molecule has 2 aromatic rings. The molecule has 5 heteroatoms. The van der Waals surface area contributed by atoms with Gasteiger partial charge in [0, 0.05) is 17.8 Å². The van der Waals surface area contributed by atoms with Crippen molar-refractivity contribution < 1.29 is 9.21 Å². The highest BCUT2D eigenvalue weighted by atomic mass is 16.3. The van der Waals surface area contributed by atoms with Crippen LogP contribution in [0.4, 0.5) is 5.69 Å². The third-order valence-electron chi connectivity index (χ3n) is 3.55. The van der Waals surface area contributed by atoms with Crippen LogP contribution in [0.3, 0.4) is 0 Å². The second kappa shape index (κ2) is 5.68. The molecule has 2 rings (SSSR count). The summed E-state index contributed by atoms with van der Waals surface area (Å²) in [4.78, 5) is 12.5. The summed E-state index contributed by atoms with van der Waals surface area (Å²) in [5, 5.41) is 3.00. The summed E-state index contributed by atoms with van der Waals surface area (Å²) in [5.74, 6) is 1.55. The Morgan fingerprint density at radius 3 is 2.48 bits per heavy atom. The fourth-order valence-corrected chi connectivity index (χ4v) is 2.54. The smallest absolute Gasteiger partial charge is 0.268 e. The summed E-state index contributed by atoms with van der Waals surface area (Å²) in [6, 6.07) is 3.72. The van der Waals surface area contributed by atoms with E-state index in [9.17, 15) is 4.79 Å². The second-order valence-corrected chi connectivity index (χ2v) is 5.72. The zero-order valence-corrected chi connectivity index (χ0v) is 13.2. The number of nitrogens with two attached hydrogens (primary N) is 1. The number of nitrogen functional groups attached to an aromatic ring is 1. The zero-order chi connectivity index (χ0) is 15.7. The van der Waals surface area contributed by atoms with Crippen LogP contribution < -0.4 is 11.1 Å². The van der Waals surface area contributed by atoms with Crippen LogP contribution in [0.1, 0.15) is 60.4 Å². The van der Waals surface area contributed by atoms with Crippen LogP contribution in [0.15, 0.2) is 22.7 Å². The van der Waals surface area contributed by atoms with Crippen molar-refractivity contribution in [2.24, 2.45) is 0 Å². The minimum Gasteiger partial charge on any atom is -0.466 e. The van der Waals surface area contributed by atoms with E-state index in [1.807, 2.05) is 45.3 Å². The summed E-state index contributed by atoms with van der Waals surface area (Å²) in [6.45, 7) is 9.78. The number of hydrogen-bond acceptors (Lipinski definition) is 3. The number of carbonyl (C=O) groups excluding carboxylic acids is 1. The third kappa shape index (κ3) is 3.12. The molecule has 1 amide bonds. The van der Waals surface area contributed by atoms with Gasteiger partial charge < -0.3 is 20.0 Å². The standard InChI is InChI=1S/C16H23N3O2/c1-9(2)19-8-13(17)7-15(19)16(20)18-11(4)14-6-10(3)21-12(14)5/h6-9,11H,17H2,1-5H3,(H,18,20). The zero-order valence-electron chi connectivity index (χ0n) is 13.2. The Morgan fingerprint density at radius 2 is 1.95 bits per heavy atom. The highest BCUT2D eigenvalue weighted by Crippen LogP contribution is 2.22. The van der Waals surface area contributed by atoms with Crippen LogP contribution in [0.5, 0.6) is 0 Å². The fourth-order valence-electron chi connectivity index (χ4n) is 2.54. The number of aromatic nitrogens is 1. The number of anilines is 1. The molecule has 0 radical (unpaired) electrons. The maximum absolute atomic E-state index is 12.5.